The van der Waals surface area contributed by atoms with Crippen molar-refractivity contribution in [3.8, 4) is 0 Å². The van der Waals surface area contributed by atoms with Crippen molar-refractivity contribution in [2.75, 3.05) is 32.4 Å². The van der Waals surface area contributed by atoms with Gasteiger partial charge in [0.05, 0.1) is 19.5 Å². The van der Waals surface area contributed by atoms with Crippen molar-refractivity contribution in [3.05, 3.63) is 35.9 Å². The molecule has 17 N–H and O–H groups in total. The highest BCUT2D eigenvalue weighted by molar-refractivity contribution is 8.77. The molecule has 1 spiro atoms. The Labute approximate surface area is 432 Å². The van der Waals surface area contributed by atoms with Crippen molar-refractivity contribution < 1.29 is 52.7 Å². The molecule has 404 valence electrons. The molecule has 1 aliphatic carbocycles. The van der Waals surface area contributed by atoms with Crippen LogP contribution in [-0.4, -0.2) is 149 Å². The molecule has 1 aromatic rings. The number of rotatable bonds is 20. The van der Waals surface area contributed by atoms with Crippen LogP contribution in [0.4, 0.5) is 0 Å². The first-order valence-corrected chi connectivity index (χ1v) is 26.4. The zero-order valence-corrected chi connectivity index (χ0v) is 43.2. The molecule has 11 amide bonds. The Bertz CT molecular complexity index is 2160. The number of guanidine groups is 1. The van der Waals surface area contributed by atoms with E-state index in [1.165, 1.54) is 17.8 Å². The Kier molecular flexibility index (Phi) is 25.3. The van der Waals surface area contributed by atoms with Gasteiger partial charge in [0.15, 0.2) is 5.96 Å². The van der Waals surface area contributed by atoms with Crippen molar-refractivity contribution in [3.63, 3.8) is 0 Å². The molecule has 0 radical (unpaired) electrons. The number of nitrogens with one attached hydrogen (secondary N) is 7. The summed E-state index contributed by atoms with van der Waals surface area (Å²) >= 11 is 0. The third-order valence-corrected chi connectivity index (χ3v) is 15.5. The number of carbonyl (C=O) groups excluding carboxylic acids is 11. The number of nitrogens with two attached hydrogens (primary N) is 5. The predicted molar refractivity (Wildman–Crippen MR) is 274 cm³/mol. The van der Waals surface area contributed by atoms with E-state index in [0.717, 1.165) is 35.0 Å². The van der Waals surface area contributed by atoms with E-state index in [1.54, 1.807) is 37.3 Å². The molecule has 0 aromatic heterocycles. The summed E-state index contributed by atoms with van der Waals surface area (Å²) in [6.45, 7) is 2.56. The van der Waals surface area contributed by atoms with E-state index >= 15 is 0 Å². The zero-order chi connectivity index (χ0) is 54.3. The van der Waals surface area contributed by atoms with Gasteiger partial charge in [-0.15, -0.1) is 0 Å². The van der Waals surface area contributed by atoms with Crippen LogP contribution in [0.2, 0.25) is 0 Å². The lowest BCUT2D eigenvalue weighted by molar-refractivity contribution is -0.139. The second-order valence-electron chi connectivity index (χ2n) is 18.3. The summed E-state index contributed by atoms with van der Waals surface area (Å²) in [5.74, 6) is -9.95. The maximum absolute atomic E-state index is 14.4. The van der Waals surface area contributed by atoms with Crippen LogP contribution in [0, 0.1) is 5.92 Å². The van der Waals surface area contributed by atoms with Gasteiger partial charge >= 0.3 is 0 Å². The molecule has 1 saturated heterocycles. The lowest BCUT2D eigenvalue weighted by Gasteiger charge is -2.37. The number of carbonyl (C=O) groups is 11. The highest BCUT2D eigenvalue weighted by Crippen LogP contribution is 2.48. The smallest absolute Gasteiger partial charge is 0.246 e. The number of amides is 11. The fourth-order valence-corrected chi connectivity index (χ4v) is 11.4. The maximum atomic E-state index is 14.4. The quantitative estimate of drug-likeness (QED) is 0.0267. The van der Waals surface area contributed by atoms with Crippen LogP contribution in [0.5, 0.6) is 0 Å². The van der Waals surface area contributed by atoms with E-state index in [9.17, 15) is 52.7 Å². The second-order valence-corrected chi connectivity index (χ2v) is 21.1. The maximum Gasteiger partial charge on any atom is 0.246 e. The Hall–Kier alpha value is -6.64. The standard InChI is InChI=1S/C46H72N14O11S2/c1-4-26(2)38-43(70)57-30(20-27-12-7-5-8-13-27)41(68)55-29(15-16-33(47)61)40(67)56-31(21-34(48)62)42(69)58-32(25-72-73-46(22-36(64)59-38)17-9-6-10-18-46)44(71)60(3)24-37(65)54-28(14-11-19-52-45(50)51)39(66)53-23-35(49)63/h5,7-8,12-13,26,28-32,38H,4,6,9-11,14-25H2,1-3H3,(H2,47,61)(H2,48,62)(H2,49,63)(H,53,66)(H,54,65)(H,55,68)(H,56,67)(H,57,70)(H,58,69)(H,59,64)(H4,50,51,52)/t26-,28+,29+,30+,31+,32+,38-/m1/s1. The van der Waals surface area contributed by atoms with Gasteiger partial charge in [-0.1, -0.05) is 91.5 Å². The van der Waals surface area contributed by atoms with E-state index < -0.39 is 138 Å². The van der Waals surface area contributed by atoms with Gasteiger partial charge in [-0.3, -0.25) is 57.7 Å². The highest BCUT2D eigenvalue weighted by atomic mass is 33.1. The van der Waals surface area contributed by atoms with Gasteiger partial charge in [0, 0.05) is 43.4 Å². The average Bonchev–Trinajstić information content (AvgIpc) is 3.33. The number of nitrogens with zero attached hydrogens (tertiary/aromatic N) is 2. The summed E-state index contributed by atoms with van der Waals surface area (Å²) in [7, 11) is 3.76. The van der Waals surface area contributed by atoms with Crippen molar-refractivity contribution >= 4 is 92.5 Å². The molecule has 1 aliphatic heterocycles. The molecular weight excluding hydrogens is 989 g/mol. The van der Waals surface area contributed by atoms with E-state index in [-0.39, 0.29) is 50.4 Å². The van der Waals surface area contributed by atoms with Gasteiger partial charge in [0.25, 0.3) is 0 Å². The number of likely N-dealkylation sites (N-methyl/N-ethyl adjacent to an activating group) is 1. The van der Waals surface area contributed by atoms with E-state index in [0.29, 0.717) is 24.8 Å². The monoisotopic (exact) mass is 1060 g/mol. The van der Waals surface area contributed by atoms with Crippen LogP contribution in [0.1, 0.15) is 96.5 Å². The fourth-order valence-electron chi connectivity index (χ4n) is 8.08. The van der Waals surface area contributed by atoms with E-state index in [1.807, 2.05) is 6.92 Å². The molecule has 1 aromatic carbocycles. The van der Waals surface area contributed by atoms with Crippen LogP contribution in [0.3, 0.4) is 0 Å². The molecule has 0 bridgehead atoms. The van der Waals surface area contributed by atoms with Gasteiger partial charge < -0.3 is 70.8 Å². The van der Waals surface area contributed by atoms with Gasteiger partial charge in [-0.2, -0.15) is 0 Å². The lowest BCUT2D eigenvalue weighted by atomic mass is 9.85. The summed E-state index contributed by atoms with van der Waals surface area (Å²) in [6, 6.07) is 0.237. The summed E-state index contributed by atoms with van der Waals surface area (Å²) in [5, 5.41) is 18.1. The van der Waals surface area contributed by atoms with Gasteiger partial charge in [0.1, 0.15) is 36.3 Å². The first kappa shape index (κ1) is 60.7. The van der Waals surface area contributed by atoms with Gasteiger partial charge in [-0.25, -0.2) is 0 Å². The molecule has 25 nitrogen and oxygen atoms in total. The van der Waals surface area contributed by atoms with Crippen LogP contribution < -0.4 is 65.9 Å². The molecule has 73 heavy (non-hydrogen) atoms. The molecule has 2 fully saturated rings. The van der Waals surface area contributed by atoms with Gasteiger partial charge in [-0.05, 0) is 43.6 Å². The Balaban J connectivity index is 2.08. The Morgan fingerprint density at radius 3 is 2.05 bits per heavy atom. The molecule has 2 aliphatic rings. The molecular formula is C46H72N14O11S2. The summed E-state index contributed by atoms with van der Waals surface area (Å²) in [4.78, 5) is 153. The third-order valence-electron chi connectivity index (χ3n) is 12.2. The molecule has 7 atom stereocenters. The van der Waals surface area contributed by atoms with Crippen LogP contribution >= 0.6 is 21.6 Å². The minimum atomic E-state index is -1.76. The van der Waals surface area contributed by atoms with Gasteiger partial charge in [0.2, 0.25) is 65.0 Å². The van der Waals surface area contributed by atoms with Crippen molar-refractivity contribution in [2.24, 2.45) is 39.6 Å². The normalized spacial score (nSPS) is 22.0. The highest BCUT2D eigenvalue weighted by Gasteiger charge is 2.40. The van der Waals surface area contributed by atoms with Crippen LogP contribution in [0.25, 0.3) is 0 Å². The van der Waals surface area contributed by atoms with Crippen molar-refractivity contribution in [1.29, 1.82) is 0 Å². The molecule has 3 rings (SSSR count). The summed E-state index contributed by atoms with van der Waals surface area (Å²) in [5.41, 5.74) is 27.6. The predicted octanol–water partition coefficient (Wildman–Crippen LogP) is -3.07. The topological polar surface area (TPSA) is 418 Å². The van der Waals surface area contributed by atoms with E-state index in [2.05, 4.69) is 42.2 Å². The average molecular weight is 1060 g/mol. The number of aliphatic imine (C=N–C) groups is 1. The van der Waals surface area contributed by atoms with Crippen molar-refractivity contribution in [1.82, 2.24) is 42.1 Å². The Morgan fingerprint density at radius 1 is 0.808 bits per heavy atom. The van der Waals surface area contributed by atoms with Crippen molar-refractivity contribution in [2.45, 2.75) is 138 Å². The molecule has 27 heteroatoms. The lowest BCUT2D eigenvalue weighted by Crippen LogP contribution is -2.60. The number of primary amides is 3. The minimum absolute atomic E-state index is 0.0108. The second kappa shape index (κ2) is 30.4. The van der Waals surface area contributed by atoms with Crippen LogP contribution in [-0.2, 0) is 59.2 Å². The Morgan fingerprint density at radius 2 is 1.44 bits per heavy atom. The minimum Gasteiger partial charge on any atom is -0.370 e. The molecule has 1 heterocycles. The number of hydrogen-bond donors (Lipinski definition) is 12. The first-order chi connectivity index (χ1) is 34.5. The molecule has 1 saturated carbocycles. The van der Waals surface area contributed by atoms with Crippen LogP contribution in [0.15, 0.2) is 35.3 Å². The molecule has 0 unspecified atom stereocenters. The summed E-state index contributed by atoms with van der Waals surface area (Å²) in [6.07, 6.45) is 2.63. The third kappa shape index (κ3) is 21.5. The largest absolute Gasteiger partial charge is 0.370 e. The fraction of sp³-hybridized carbons (Fsp3) is 0.609. The van der Waals surface area contributed by atoms with E-state index in [4.69, 9.17) is 28.7 Å². The number of hydrogen-bond acceptors (Lipinski definition) is 14. The zero-order valence-electron chi connectivity index (χ0n) is 41.5. The number of benzene rings is 1. The SMILES string of the molecule is CC[C@@H](C)[C@H]1NC(=O)CC2(CCCCC2)SSC[C@@H](C(=O)N(C)CC(=O)N[C@@H](CCCN=C(N)N)C(=O)NCC(N)=O)NC(=O)[C@H](CC(N)=O)NC(=O)[C@H](CCC(N)=O)NC(=O)[C@H](Cc2ccccc2)NC1=O. The first-order valence-electron chi connectivity index (χ1n) is 24.1. The summed E-state index contributed by atoms with van der Waals surface area (Å²) < 4.78 is -0.697.